The van der Waals surface area contributed by atoms with Crippen LogP contribution >= 0.6 is 0 Å². The molecule has 0 nitrogen and oxygen atoms in total. The molecule has 1 aliphatic rings. The molecule has 2 aromatic rings. The fourth-order valence-corrected chi connectivity index (χ4v) is 3.65. The molecule has 0 aliphatic heterocycles. The second kappa shape index (κ2) is 9.12. The van der Waals surface area contributed by atoms with Crippen LogP contribution in [-0.2, 0) is 6.42 Å². The second-order valence-electron chi connectivity index (χ2n) is 6.85. The van der Waals surface area contributed by atoms with E-state index in [1.165, 1.54) is 43.4 Å². The van der Waals surface area contributed by atoms with E-state index in [9.17, 15) is 8.78 Å². The standard InChI is InChI=1S/C21H24F2.C2H6/c1-3-19-20(22)12-18(13-21(19)23)17-10-8-16(9-11-17)15-6-4-14(2)5-7-15;1-2/h8-15H,3-7H2,1-2H3;1-2H3. The summed E-state index contributed by atoms with van der Waals surface area (Å²) in [4.78, 5) is 0. The van der Waals surface area contributed by atoms with Gasteiger partial charge in [-0.15, -0.1) is 0 Å². The summed E-state index contributed by atoms with van der Waals surface area (Å²) in [6.45, 7) is 8.09. The highest BCUT2D eigenvalue weighted by atomic mass is 19.1. The first kappa shape index (κ1) is 19.6. The zero-order valence-electron chi connectivity index (χ0n) is 15.9. The Labute approximate surface area is 151 Å². The van der Waals surface area contributed by atoms with Crippen molar-refractivity contribution in [3.05, 3.63) is 59.2 Å². The van der Waals surface area contributed by atoms with Crippen molar-refractivity contribution in [2.45, 2.75) is 65.7 Å². The van der Waals surface area contributed by atoms with Gasteiger partial charge in [-0.05, 0) is 59.9 Å². The molecule has 0 saturated heterocycles. The fraction of sp³-hybridized carbons (Fsp3) is 0.478. The molecular weight excluding hydrogens is 314 g/mol. The van der Waals surface area contributed by atoms with Crippen LogP contribution < -0.4 is 0 Å². The van der Waals surface area contributed by atoms with Crippen LogP contribution in [0.25, 0.3) is 11.1 Å². The van der Waals surface area contributed by atoms with E-state index in [-0.39, 0.29) is 5.56 Å². The third-order valence-corrected chi connectivity index (χ3v) is 5.23. The first-order valence-electron chi connectivity index (χ1n) is 9.66. The van der Waals surface area contributed by atoms with Crippen LogP contribution in [0, 0.1) is 17.6 Å². The molecule has 1 aliphatic carbocycles. The SMILES string of the molecule is CC.CCc1c(F)cc(-c2ccc(C3CCC(C)CC3)cc2)cc1F. The van der Waals surface area contributed by atoms with Gasteiger partial charge in [-0.25, -0.2) is 8.78 Å². The topological polar surface area (TPSA) is 0 Å². The van der Waals surface area contributed by atoms with Crippen molar-refractivity contribution < 1.29 is 8.78 Å². The number of hydrogen-bond acceptors (Lipinski definition) is 0. The quantitative estimate of drug-likeness (QED) is 0.540. The van der Waals surface area contributed by atoms with E-state index in [1.807, 2.05) is 26.0 Å². The minimum Gasteiger partial charge on any atom is -0.207 e. The van der Waals surface area contributed by atoms with Crippen molar-refractivity contribution in [2.75, 3.05) is 0 Å². The lowest BCUT2D eigenvalue weighted by molar-refractivity contribution is 0.348. The second-order valence-corrected chi connectivity index (χ2v) is 6.85. The Balaban J connectivity index is 0.00000109. The predicted molar refractivity (Wildman–Crippen MR) is 103 cm³/mol. The van der Waals surface area contributed by atoms with Crippen molar-refractivity contribution >= 4 is 0 Å². The molecule has 0 heterocycles. The van der Waals surface area contributed by atoms with Gasteiger partial charge in [-0.2, -0.15) is 0 Å². The highest BCUT2D eigenvalue weighted by Gasteiger charge is 2.19. The summed E-state index contributed by atoms with van der Waals surface area (Å²) >= 11 is 0. The van der Waals surface area contributed by atoms with Gasteiger partial charge in [0.05, 0.1) is 0 Å². The summed E-state index contributed by atoms with van der Waals surface area (Å²) in [6, 6.07) is 11.1. The van der Waals surface area contributed by atoms with Crippen LogP contribution in [0.15, 0.2) is 36.4 Å². The summed E-state index contributed by atoms with van der Waals surface area (Å²) in [5.74, 6) is 0.574. The molecule has 0 spiro atoms. The Kier molecular flexibility index (Phi) is 7.16. The molecule has 136 valence electrons. The Morgan fingerprint density at radius 1 is 0.840 bits per heavy atom. The van der Waals surface area contributed by atoms with Gasteiger partial charge in [0.15, 0.2) is 0 Å². The van der Waals surface area contributed by atoms with E-state index in [4.69, 9.17) is 0 Å². The molecule has 0 radical (unpaired) electrons. The van der Waals surface area contributed by atoms with E-state index in [1.54, 1.807) is 6.92 Å². The lowest BCUT2D eigenvalue weighted by atomic mass is 9.79. The average molecular weight is 344 g/mol. The van der Waals surface area contributed by atoms with Gasteiger partial charge >= 0.3 is 0 Å². The molecule has 3 rings (SSSR count). The highest BCUT2D eigenvalue weighted by Crippen LogP contribution is 2.36. The van der Waals surface area contributed by atoms with E-state index < -0.39 is 11.6 Å². The monoisotopic (exact) mass is 344 g/mol. The maximum Gasteiger partial charge on any atom is 0.129 e. The minimum absolute atomic E-state index is 0.168. The first-order chi connectivity index (χ1) is 12.1. The van der Waals surface area contributed by atoms with Crippen LogP contribution in [0.4, 0.5) is 8.78 Å². The molecule has 0 N–H and O–H groups in total. The molecule has 0 aromatic heterocycles. The Bertz CT molecular complexity index is 642. The van der Waals surface area contributed by atoms with E-state index >= 15 is 0 Å². The number of benzene rings is 2. The van der Waals surface area contributed by atoms with Gasteiger partial charge < -0.3 is 0 Å². The fourth-order valence-electron chi connectivity index (χ4n) is 3.65. The van der Waals surface area contributed by atoms with Gasteiger partial charge in [0.1, 0.15) is 11.6 Å². The van der Waals surface area contributed by atoms with Crippen molar-refractivity contribution in [3.8, 4) is 11.1 Å². The van der Waals surface area contributed by atoms with Crippen molar-refractivity contribution in [2.24, 2.45) is 5.92 Å². The van der Waals surface area contributed by atoms with Crippen molar-refractivity contribution in [3.63, 3.8) is 0 Å². The Morgan fingerprint density at radius 3 is 1.84 bits per heavy atom. The van der Waals surface area contributed by atoms with E-state index in [2.05, 4.69) is 19.1 Å². The zero-order valence-corrected chi connectivity index (χ0v) is 15.9. The van der Waals surface area contributed by atoms with Crippen LogP contribution in [0.1, 0.15) is 70.4 Å². The highest BCUT2D eigenvalue weighted by molar-refractivity contribution is 5.64. The molecular formula is C23H30F2. The number of halogens is 2. The molecule has 0 amide bonds. The maximum absolute atomic E-state index is 14.0. The van der Waals surface area contributed by atoms with E-state index in [0.717, 1.165) is 11.5 Å². The molecule has 1 saturated carbocycles. The normalized spacial score (nSPS) is 19.9. The lowest BCUT2D eigenvalue weighted by Gasteiger charge is -2.26. The van der Waals surface area contributed by atoms with Crippen molar-refractivity contribution in [1.82, 2.24) is 0 Å². The minimum atomic E-state index is -0.451. The average Bonchev–Trinajstić information content (AvgIpc) is 2.64. The zero-order chi connectivity index (χ0) is 18.4. The third kappa shape index (κ3) is 4.68. The van der Waals surface area contributed by atoms with Gasteiger partial charge in [0.2, 0.25) is 0 Å². The first-order valence-corrected chi connectivity index (χ1v) is 9.66. The molecule has 2 aromatic carbocycles. The molecule has 0 unspecified atom stereocenters. The molecule has 0 atom stereocenters. The lowest BCUT2D eigenvalue weighted by Crippen LogP contribution is -2.10. The van der Waals surface area contributed by atoms with Gasteiger partial charge in [-0.3, -0.25) is 0 Å². The van der Waals surface area contributed by atoms with Gasteiger partial charge in [0, 0.05) is 5.56 Å². The van der Waals surface area contributed by atoms with Gasteiger partial charge in [-0.1, -0.05) is 64.8 Å². The Morgan fingerprint density at radius 2 is 1.36 bits per heavy atom. The largest absolute Gasteiger partial charge is 0.207 e. The summed E-state index contributed by atoms with van der Waals surface area (Å²) in [5.41, 5.74) is 3.01. The van der Waals surface area contributed by atoms with E-state index in [0.29, 0.717) is 17.9 Å². The molecule has 1 fully saturated rings. The predicted octanol–water partition coefficient (Wildman–Crippen LogP) is 7.51. The number of hydrogen-bond donors (Lipinski definition) is 0. The smallest absolute Gasteiger partial charge is 0.129 e. The molecule has 25 heavy (non-hydrogen) atoms. The molecule has 0 bridgehead atoms. The summed E-state index contributed by atoms with van der Waals surface area (Å²) in [5, 5.41) is 0. The van der Waals surface area contributed by atoms with Crippen LogP contribution in [0.3, 0.4) is 0 Å². The Hall–Kier alpha value is -1.70. The van der Waals surface area contributed by atoms with Crippen molar-refractivity contribution in [1.29, 1.82) is 0 Å². The summed E-state index contributed by atoms with van der Waals surface area (Å²) < 4.78 is 27.9. The van der Waals surface area contributed by atoms with Crippen LogP contribution in [0.5, 0.6) is 0 Å². The molecule has 2 heteroatoms. The van der Waals surface area contributed by atoms with Crippen LogP contribution in [0.2, 0.25) is 0 Å². The summed E-state index contributed by atoms with van der Waals surface area (Å²) in [6.07, 6.45) is 5.45. The maximum atomic E-state index is 14.0. The number of rotatable bonds is 3. The van der Waals surface area contributed by atoms with Gasteiger partial charge in [0.25, 0.3) is 0 Å². The third-order valence-electron chi connectivity index (χ3n) is 5.23. The summed E-state index contributed by atoms with van der Waals surface area (Å²) in [7, 11) is 0. The van der Waals surface area contributed by atoms with Crippen LogP contribution in [-0.4, -0.2) is 0 Å².